The Morgan fingerprint density at radius 3 is 2.67 bits per heavy atom. The molecule has 3 rings (SSSR count). The summed E-state index contributed by atoms with van der Waals surface area (Å²) in [6, 6.07) is 8.75. The monoisotopic (exact) mass is 487 g/mol. The van der Waals surface area contributed by atoms with E-state index < -0.39 is 0 Å². The van der Waals surface area contributed by atoms with Crippen LogP contribution in [-0.4, -0.2) is 44.4 Å². The summed E-state index contributed by atoms with van der Waals surface area (Å²) in [6.07, 6.45) is 1.62. The van der Waals surface area contributed by atoms with Crippen molar-refractivity contribution in [3.8, 4) is 5.75 Å². The van der Waals surface area contributed by atoms with Gasteiger partial charge in [-0.2, -0.15) is 0 Å². The minimum atomic E-state index is -0.360. The van der Waals surface area contributed by atoms with E-state index in [9.17, 15) is 4.39 Å². The van der Waals surface area contributed by atoms with Crippen molar-refractivity contribution in [3.63, 3.8) is 0 Å². The first-order valence-corrected chi connectivity index (χ1v) is 8.34. The first-order valence-electron chi connectivity index (χ1n) is 8.34. The second-order valence-corrected chi connectivity index (χ2v) is 5.80. The maximum atomic E-state index is 14.3. The maximum absolute atomic E-state index is 14.3. The highest BCUT2D eigenvalue weighted by atomic mass is 127. The molecule has 7 nitrogen and oxygen atoms in total. The van der Waals surface area contributed by atoms with Crippen LogP contribution in [0.2, 0.25) is 0 Å². The summed E-state index contributed by atoms with van der Waals surface area (Å²) in [6.45, 7) is 2.68. The first kappa shape index (κ1) is 21.2. The van der Waals surface area contributed by atoms with E-state index >= 15 is 0 Å². The third-order valence-corrected chi connectivity index (χ3v) is 3.98. The lowest BCUT2D eigenvalue weighted by atomic mass is 10.2. The molecule has 1 aliphatic rings. The van der Waals surface area contributed by atoms with Gasteiger partial charge in [0, 0.05) is 25.0 Å². The molecule has 1 aliphatic heterocycles. The quantitative estimate of drug-likeness (QED) is 0.383. The van der Waals surface area contributed by atoms with Crippen molar-refractivity contribution in [2.75, 3.05) is 43.6 Å². The zero-order valence-corrected chi connectivity index (χ0v) is 17.4. The van der Waals surface area contributed by atoms with Gasteiger partial charge in [0.15, 0.2) is 17.6 Å². The predicted molar refractivity (Wildman–Crippen MR) is 115 cm³/mol. The SMILES string of the molecule is COc1ccc(NC(N)=NCc2cnc(N3CCOCC3)c(F)c2)cc1.I. The van der Waals surface area contributed by atoms with Crippen LogP contribution in [0, 0.1) is 5.82 Å². The number of hydrogen-bond acceptors (Lipinski definition) is 5. The summed E-state index contributed by atoms with van der Waals surface area (Å²) in [7, 11) is 1.61. The molecule has 3 N–H and O–H groups in total. The minimum Gasteiger partial charge on any atom is -0.497 e. The summed E-state index contributed by atoms with van der Waals surface area (Å²) in [5.41, 5.74) is 7.32. The Hall–Kier alpha value is -2.14. The van der Waals surface area contributed by atoms with E-state index in [1.807, 2.05) is 29.2 Å². The van der Waals surface area contributed by atoms with Gasteiger partial charge in [0.05, 0.1) is 26.9 Å². The summed E-state index contributed by atoms with van der Waals surface area (Å²) in [5.74, 6) is 0.993. The number of aliphatic imine (C=N–C) groups is 1. The third kappa shape index (κ3) is 5.93. The number of nitrogens with one attached hydrogen (secondary N) is 1. The molecule has 9 heteroatoms. The van der Waals surface area contributed by atoms with E-state index in [0.717, 1.165) is 11.4 Å². The Balaban J connectivity index is 0.00000261. The molecule has 0 saturated carbocycles. The van der Waals surface area contributed by atoms with Crippen LogP contribution in [0.4, 0.5) is 15.9 Å². The van der Waals surface area contributed by atoms with Crippen LogP contribution >= 0.6 is 24.0 Å². The highest BCUT2D eigenvalue weighted by molar-refractivity contribution is 14.0. The molecular weight excluding hydrogens is 464 g/mol. The van der Waals surface area contributed by atoms with Crippen LogP contribution in [0.25, 0.3) is 0 Å². The summed E-state index contributed by atoms with van der Waals surface area (Å²) in [4.78, 5) is 10.3. The van der Waals surface area contributed by atoms with Crippen molar-refractivity contribution < 1.29 is 13.9 Å². The number of methoxy groups -OCH3 is 1. The molecular formula is C18H23FIN5O2. The van der Waals surface area contributed by atoms with Gasteiger partial charge in [0.2, 0.25) is 0 Å². The molecule has 0 unspecified atom stereocenters. The molecule has 0 radical (unpaired) electrons. The zero-order chi connectivity index (χ0) is 18.4. The molecule has 1 saturated heterocycles. The fourth-order valence-corrected chi connectivity index (χ4v) is 2.60. The smallest absolute Gasteiger partial charge is 0.193 e. The van der Waals surface area contributed by atoms with E-state index in [1.54, 1.807) is 13.3 Å². The first-order chi connectivity index (χ1) is 12.7. The van der Waals surface area contributed by atoms with Gasteiger partial charge >= 0.3 is 0 Å². The van der Waals surface area contributed by atoms with Crippen LogP contribution in [0.15, 0.2) is 41.5 Å². The van der Waals surface area contributed by atoms with Crippen LogP contribution in [-0.2, 0) is 11.3 Å². The highest BCUT2D eigenvalue weighted by Gasteiger charge is 2.16. The Bertz CT molecular complexity index is 767. The standard InChI is InChI=1S/C18H22FN5O2.HI/c1-25-15-4-2-14(3-5-15)23-18(20)22-12-13-10-16(19)17(21-11-13)24-6-8-26-9-7-24;/h2-5,10-11H,6-9,12H2,1H3,(H3,20,22,23);1H. The van der Waals surface area contributed by atoms with Crippen LogP contribution < -0.4 is 20.7 Å². The number of morpholine rings is 1. The summed E-state index contributed by atoms with van der Waals surface area (Å²) >= 11 is 0. The average Bonchev–Trinajstić information content (AvgIpc) is 2.68. The molecule has 27 heavy (non-hydrogen) atoms. The molecule has 2 aromatic rings. The van der Waals surface area contributed by atoms with Crippen molar-refractivity contribution in [1.82, 2.24) is 4.98 Å². The van der Waals surface area contributed by atoms with Gasteiger partial charge in [0.1, 0.15) is 5.75 Å². The lowest BCUT2D eigenvalue weighted by Gasteiger charge is -2.28. The summed E-state index contributed by atoms with van der Waals surface area (Å²) in [5, 5.41) is 2.98. The Morgan fingerprint density at radius 1 is 1.33 bits per heavy atom. The van der Waals surface area contributed by atoms with Gasteiger partial charge in [-0.1, -0.05) is 0 Å². The lowest BCUT2D eigenvalue weighted by molar-refractivity contribution is 0.122. The van der Waals surface area contributed by atoms with Crippen LogP contribution in [0.3, 0.4) is 0 Å². The molecule has 1 aromatic heterocycles. The molecule has 0 spiro atoms. The number of hydrogen-bond donors (Lipinski definition) is 2. The number of ether oxygens (including phenoxy) is 2. The molecule has 1 aromatic carbocycles. The van der Waals surface area contributed by atoms with Crippen molar-refractivity contribution in [1.29, 1.82) is 0 Å². The van der Waals surface area contributed by atoms with E-state index in [2.05, 4.69) is 15.3 Å². The van der Waals surface area contributed by atoms with Gasteiger partial charge < -0.3 is 25.4 Å². The van der Waals surface area contributed by atoms with E-state index in [1.165, 1.54) is 6.07 Å². The van der Waals surface area contributed by atoms with Gasteiger partial charge in [0.25, 0.3) is 0 Å². The number of anilines is 2. The van der Waals surface area contributed by atoms with Gasteiger partial charge in [-0.05, 0) is 35.9 Å². The third-order valence-electron chi connectivity index (χ3n) is 3.98. The Kier molecular flexibility index (Phi) is 8.04. The molecule has 2 heterocycles. The van der Waals surface area contributed by atoms with E-state index in [4.69, 9.17) is 15.2 Å². The van der Waals surface area contributed by atoms with Crippen molar-refractivity contribution in [3.05, 3.63) is 47.9 Å². The molecule has 146 valence electrons. The zero-order valence-electron chi connectivity index (χ0n) is 15.0. The molecule has 0 atom stereocenters. The lowest BCUT2D eigenvalue weighted by Crippen LogP contribution is -2.37. The number of nitrogens with two attached hydrogens (primary N) is 1. The van der Waals surface area contributed by atoms with Crippen molar-refractivity contribution >= 4 is 41.4 Å². The molecule has 1 fully saturated rings. The Labute approximate surface area is 174 Å². The highest BCUT2D eigenvalue weighted by Crippen LogP contribution is 2.19. The number of aromatic nitrogens is 1. The number of nitrogens with zero attached hydrogens (tertiary/aromatic N) is 3. The number of pyridine rings is 1. The summed E-state index contributed by atoms with van der Waals surface area (Å²) < 4.78 is 24.7. The van der Waals surface area contributed by atoms with Crippen molar-refractivity contribution in [2.24, 2.45) is 10.7 Å². The van der Waals surface area contributed by atoms with Gasteiger partial charge in [-0.3, -0.25) is 0 Å². The van der Waals surface area contributed by atoms with Gasteiger partial charge in [-0.25, -0.2) is 14.4 Å². The normalized spacial score (nSPS) is 14.4. The topological polar surface area (TPSA) is 85.0 Å². The molecule has 0 aliphatic carbocycles. The number of halogens is 2. The fraction of sp³-hybridized carbons (Fsp3) is 0.333. The second-order valence-electron chi connectivity index (χ2n) is 5.80. The largest absolute Gasteiger partial charge is 0.497 e. The van der Waals surface area contributed by atoms with Gasteiger partial charge in [-0.15, -0.1) is 24.0 Å². The Morgan fingerprint density at radius 2 is 2.04 bits per heavy atom. The van der Waals surface area contributed by atoms with Crippen molar-refractivity contribution in [2.45, 2.75) is 6.54 Å². The minimum absolute atomic E-state index is 0. The predicted octanol–water partition coefficient (Wildman–Crippen LogP) is 2.61. The number of guanidine groups is 1. The number of benzene rings is 1. The maximum Gasteiger partial charge on any atom is 0.193 e. The van der Waals surface area contributed by atoms with Crippen LogP contribution in [0.5, 0.6) is 5.75 Å². The molecule has 0 amide bonds. The van der Waals surface area contributed by atoms with E-state index in [0.29, 0.717) is 37.7 Å². The average molecular weight is 487 g/mol. The second kappa shape index (κ2) is 10.3. The van der Waals surface area contributed by atoms with E-state index in [-0.39, 0.29) is 42.3 Å². The number of rotatable bonds is 5. The van der Waals surface area contributed by atoms with Crippen LogP contribution in [0.1, 0.15) is 5.56 Å². The molecule has 0 bridgehead atoms. The fourth-order valence-electron chi connectivity index (χ4n) is 2.60.